The third-order valence-electron chi connectivity index (χ3n) is 3.79. The number of allylic oxidation sites excluding steroid dienone is 1. The molecule has 0 saturated heterocycles. The van der Waals surface area contributed by atoms with Gasteiger partial charge in [-0.25, -0.2) is 9.97 Å². The van der Waals surface area contributed by atoms with Crippen LogP contribution in [-0.2, 0) is 0 Å². The minimum absolute atomic E-state index is 0.535. The van der Waals surface area contributed by atoms with Gasteiger partial charge >= 0.3 is 0 Å². The lowest BCUT2D eigenvalue weighted by Gasteiger charge is -1.99. The number of nitriles is 1. The second-order valence-corrected chi connectivity index (χ2v) is 7.36. The summed E-state index contributed by atoms with van der Waals surface area (Å²) in [6.07, 6.45) is 1.83. The predicted molar refractivity (Wildman–Crippen MR) is 107 cm³/mol. The van der Waals surface area contributed by atoms with Gasteiger partial charge in [0.2, 0.25) is 0 Å². The highest BCUT2D eigenvalue weighted by Gasteiger charge is 2.12. The zero-order valence-corrected chi connectivity index (χ0v) is 15.5. The lowest BCUT2D eigenvalue weighted by Crippen LogP contribution is -1.84. The van der Waals surface area contributed by atoms with E-state index in [-0.39, 0.29) is 0 Å². The van der Waals surface area contributed by atoms with Crippen LogP contribution in [0.25, 0.3) is 32.6 Å². The minimum Gasteiger partial charge on any atom is -0.497 e. The first-order valence-electron chi connectivity index (χ1n) is 7.84. The Morgan fingerprint density at radius 3 is 2.65 bits per heavy atom. The molecule has 0 aliphatic rings. The molecular formula is C20H13N3OS2. The zero-order chi connectivity index (χ0) is 17.9. The Morgan fingerprint density at radius 1 is 1.12 bits per heavy atom. The van der Waals surface area contributed by atoms with Crippen molar-refractivity contribution < 1.29 is 4.74 Å². The quantitative estimate of drug-likeness (QED) is 0.442. The maximum absolute atomic E-state index is 9.55. The summed E-state index contributed by atoms with van der Waals surface area (Å²) in [5, 5.41) is 13.1. The Hall–Kier alpha value is -3.01. The molecule has 0 unspecified atom stereocenters. The van der Waals surface area contributed by atoms with Gasteiger partial charge < -0.3 is 4.74 Å². The highest BCUT2D eigenvalue weighted by Crippen LogP contribution is 2.32. The topological polar surface area (TPSA) is 58.8 Å². The first-order valence-corrected chi connectivity index (χ1v) is 9.54. The van der Waals surface area contributed by atoms with Crippen molar-refractivity contribution in [2.24, 2.45) is 0 Å². The van der Waals surface area contributed by atoms with E-state index >= 15 is 0 Å². The number of hydrogen-bond donors (Lipinski definition) is 0. The number of thiazole rings is 2. The molecule has 0 N–H and O–H groups in total. The number of ether oxygens (including phenoxy) is 1. The van der Waals surface area contributed by atoms with Crippen LogP contribution in [0.2, 0.25) is 0 Å². The second-order valence-electron chi connectivity index (χ2n) is 5.47. The van der Waals surface area contributed by atoms with Crippen LogP contribution < -0.4 is 4.74 Å². The van der Waals surface area contributed by atoms with E-state index in [9.17, 15) is 5.26 Å². The van der Waals surface area contributed by atoms with Crippen molar-refractivity contribution in [3.8, 4) is 22.5 Å². The fourth-order valence-electron chi connectivity index (χ4n) is 2.49. The molecule has 4 nitrogen and oxygen atoms in total. The fourth-order valence-corrected chi connectivity index (χ4v) is 4.26. The number of para-hydroxylation sites is 1. The standard InChI is InChI=1S/C20H13N3OS2/c1-24-15-8-6-13(7-9-15)10-14(11-21)19-23-17(12-25-19)20-22-16-4-2-3-5-18(16)26-20/h2-10,12H,1H3/b14-10-. The molecule has 0 atom stereocenters. The van der Waals surface area contributed by atoms with Crippen molar-refractivity contribution in [3.63, 3.8) is 0 Å². The molecular weight excluding hydrogens is 362 g/mol. The molecule has 4 rings (SSSR count). The van der Waals surface area contributed by atoms with Crippen molar-refractivity contribution >= 4 is 44.5 Å². The Morgan fingerprint density at radius 2 is 1.92 bits per heavy atom. The van der Waals surface area contributed by atoms with E-state index in [2.05, 4.69) is 16.0 Å². The number of fused-ring (bicyclic) bond motifs is 1. The van der Waals surface area contributed by atoms with Crippen molar-refractivity contribution in [2.45, 2.75) is 0 Å². The van der Waals surface area contributed by atoms with Crippen molar-refractivity contribution in [1.82, 2.24) is 9.97 Å². The fraction of sp³-hybridized carbons (Fsp3) is 0.0500. The predicted octanol–water partition coefficient (Wildman–Crippen LogP) is 5.49. The molecule has 0 aliphatic carbocycles. The van der Waals surface area contributed by atoms with Crippen LogP contribution in [0.4, 0.5) is 0 Å². The number of benzene rings is 2. The number of rotatable bonds is 4. The molecule has 2 aromatic carbocycles. The molecule has 0 spiro atoms. The minimum atomic E-state index is 0.535. The lowest BCUT2D eigenvalue weighted by atomic mass is 10.1. The molecule has 0 fully saturated rings. The van der Waals surface area contributed by atoms with Crippen LogP contribution in [0.3, 0.4) is 0 Å². The second kappa shape index (κ2) is 7.08. The van der Waals surface area contributed by atoms with Crippen molar-refractivity contribution in [1.29, 1.82) is 5.26 Å². The molecule has 2 aromatic heterocycles. The molecule has 126 valence electrons. The highest BCUT2D eigenvalue weighted by molar-refractivity contribution is 7.22. The summed E-state index contributed by atoms with van der Waals surface area (Å²) in [5.74, 6) is 0.785. The highest BCUT2D eigenvalue weighted by atomic mass is 32.1. The van der Waals surface area contributed by atoms with Gasteiger partial charge in [-0.05, 0) is 35.9 Å². The van der Waals surface area contributed by atoms with Crippen LogP contribution in [-0.4, -0.2) is 17.1 Å². The van der Waals surface area contributed by atoms with Crippen molar-refractivity contribution in [3.05, 3.63) is 64.5 Å². The van der Waals surface area contributed by atoms with Gasteiger partial charge in [0, 0.05) is 5.38 Å². The van der Waals surface area contributed by atoms with E-state index in [0.29, 0.717) is 10.6 Å². The third-order valence-corrected chi connectivity index (χ3v) is 5.73. The Balaban J connectivity index is 1.66. The van der Waals surface area contributed by atoms with E-state index in [1.54, 1.807) is 18.4 Å². The van der Waals surface area contributed by atoms with Gasteiger partial charge in [-0.2, -0.15) is 5.26 Å². The zero-order valence-electron chi connectivity index (χ0n) is 13.8. The molecule has 6 heteroatoms. The molecule has 0 aliphatic heterocycles. The maximum atomic E-state index is 9.55. The van der Waals surface area contributed by atoms with Gasteiger partial charge in [-0.3, -0.25) is 0 Å². The normalized spacial score (nSPS) is 11.5. The molecule has 4 aromatic rings. The molecule has 0 radical (unpaired) electrons. The monoisotopic (exact) mass is 375 g/mol. The van der Waals surface area contributed by atoms with E-state index in [4.69, 9.17) is 4.74 Å². The Bertz CT molecular complexity index is 1100. The van der Waals surface area contributed by atoms with Crippen LogP contribution in [0, 0.1) is 11.3 Å². The number of hydrogen-bond acceptors (Lipinski definition) is 6. The molecule has 0 amide bonds. The number of aromatic nitrogens is 2. The van der Waals surface area contributed by atoms with E-state index in [1.807, 2.05) is 60.0 Å². The van der Waals surface area contributed by atoms with Crippen LogP contribution in [0.1, 0.15) is 10.6 Å². The molecule has 0 bridgehead atoms. The van der Waals surface area contributed by atoms with Crippen LogP contribution in [0.5, 0.6) is 5.75 Å². The van der Waals surface area contributed by atoms with Crippen molar-refractivity contribution in [2.75, 3.05) is 7.11 Å². The van der Waals surface area contributed by atoms with Gasteiger partial charge in [-0.15, -0.1) is 22.7 Å². The Labute approximate surface area is 158 Å². The summed E-state index contributed by atoms with van der Waals surface area (Å²) < 4.78 is 6.29. The van der Waals surface area contributed by atoms with Crippen LogP contribution in [0.15, 0.2) is 53.9 Å². The molecule has 0 saturated carbocycles. The summed E-state index contributed by atoms with van der Waals surface area (Å²) in [5.41, 5.74) is 3.24. The van der Waals surface area contributed by atoms with Gasteiger partial charge in [0.1, 0.15) is 27.5 Å². The summed E-state index contributed by atoms with van der Waals surface area (Å²) in [6, 6.07) is 17.8. The van der Waals surface area contributed by atoms with E-state index in [0.717, 1.165) is 32.2 Å². The van der Waals surface area contributed by atoms with Gasteiger partial charge in [0.25, 0.3) is 0 Å². The first-order chi connectivity index (χ1) is 12.8. The smallest absolute Gasteiger partial charge is 0.144 e. The third kappa shape index (κ3) is 3.23. The Kier molecular flexibility index (Phi) is 4.48. The largest absolute Gasteiger partial charge is 0.497 e. The first kappa shape index (κ1) is 16.5. The average molecular weight is 375 g/mol. The lowest BCUT2D eigenvalue weighted by molar-refractivity contribution is 0.415. The van der Waals surface area contributed by atoms with E-state index in [1.165, 1.54) is 11.3 Å². The number of nitrogens with zero attached hydrogens (tertiary/aromatic N) is 3. The van der Waals surface area contributed by atoms with Crippen LogP contribution >= 0.6 is 22.7 Å². The van der Waals surface area contributed by atoms with Gasteiger partial charge in [0.05, 0.1) is 22.9 Å². The van der Waals surface area contributed by atoms with Gasteiger partial charge in [0.15, 0.2) is 0 Å². The summed E-state index contributed by atoms with van der Waals surface area (Å²) in [4.78, 5) is 9.26. The maximum Gasteiger partial charge on any atom is 0.144 e. The average Bonchev–Trinajstić information content (AvgIpc) is 3.33. The summed E-state index contributed by atoms with van der Waals surface area (Å²) in [6.45, 7) is 0. The molecule has 26 heavy (non-hydrogen) atoms. The summed E-state index contributed by atoms with van der Waals surface area (Å²) in [7, 11) is 1.63. The van der Waals surface area contributed by atoms with Gasteiger partial charge in [-0.1, -0.05) is 24.3 Å². The number of methoxy groups -OCH3 is 1. The molecule has 2 heterocycles. The SMILES string of the molecule is COc1ccc(/C=C(/C#N)c2nc(-c3nc4ccccc4s3)cs2)cc1. The van der Waals surface area contributed by atoms with E-state index < -0.39 is 0 Å². The summed E-state index contributed by atoms with van der Waals surface area (Å²) >= 11 is 3.06.